The molecule has 1 atom stereocenters. The Bertz CT molecular complexity index is 754. The Labute approximate surface area is 149 Å². The topological polar surface area (TPSA) is 64.2 Å². The molecule has 0 unspecified atom stereocenters. The third-order valence-electron chi connectivity index (χ3n) is 5.32. The van der Waals surface area contributed by atoms with Crippen LogP contribution in [0.3, 0.4) is 0 Å². The molecule has 0 spiro atoms. The van der Waals surface area contributed by atoms with Crippen molar-refractivity contribution in [3.63, 3.8) is 0 Å². The Morgan fingerprint density at radius 1 is 1.44 bits per heavy atom. The first kappa shape index (κ1) is 17.7. The lowest BCUT2D eigenvalue weighted by molar-refractivity contribution is 0.0769. The highest BCUT2D eigenvalue weighted by atomic mass is 16.5. The quantitative estimate of drug-likeness (QED) is 0.853. The second-order valence-corrected chi connectivity index (χ2v) is 8.04. The highest BCUT2D eigenvalue weighted by molar-refractivity contribution is 5.93. The molecular formula is C19H28N4O2. The largest absolute Gasteiger partial charge is 0.360 e. The van der Waals surface area contributed by atoms with Crippen LogP contribution in [0.5, 0.6) is 0 Å². The van der Waals surface area contributed by atoms with E-state index < -0.39 is 0 Å². The first-order chi connectivity index (χ1) is 11.8. The summed E-state index contributed by atoms with van der Waals surface area (Å²) in [5, 5.41) is 8.38. The fraction of sp³-hybridized carbons (Fsp3) is 0.632. The number of hydrogen-bond acceptors (Lipinski definition) is 4. The van der Waals surface area contributed by atoms with Gasteiger partial charge in [-0.1, -0.05) is 25.9 Å². The minimum Gasteiger partial charge on any atom is -0.360 e. The number of aromatic nitrogens is 3. The molecule has 1 amide bonds. The van der Waals surface area contributed by atoms with Crippen LogP contribution in [0.2, 0.25) is 0 Å². The predicted molar refractivity (Wildman–Crippen MR) is 95.2 cm³/mol. The van der Waals surface area contributed by atoms with E-state index in [-0.39, 0.29) is 11.3 Å². The van der Waals surface area contributed by atoms with Gasteiger partial charge in [0.25, 0.3) is 5.91 Å². The van der Waals surface area contributed by atoms with Crippen LogP contribution in [0.1, 0.15) is 61.6 Å². The van der Waals surface area contributed by atoms with Gasteiger partial charge in [0.05, 0.1) is 12.2 Å². The number of nitrogens with zero attached hydrogens (tertiary/aromatic N) is 4. The Kier molecular flexibility index (Phi) is 4.71. The summed E-state index contributed by atoms with van der Waals surface area (Å²) in [6, 6.07) is 1.95. The third-order valence-corrected chi connectivity index (χ3v) is 5.32. The SMILES string of the molecule is CCn1nccc1CN(C)C(=O)c1noc2c1C[C@H](C(C)(C)C)CC2. The van der Waals surface area contributed by atoms with Gasteiger partial charge in [0, 0.05) is 31.8 Å². The molecule has 2 aromatic heterocycles. The van der Waals surface area contributed by atoms with Gasteiger partial charge >= 0.3 is 0 Å². The molecule has 6 heteroatoms. The number of rotatable bonds is 4. The van der Waals surface area contributed by atoms with Crippen molar-refractivity contribution in [3.8, 4) is 0 Å². The van der Waals surface area contributed by atoms with E-state index in [1.54, 1.807) is 18.1 Å². The maximum atomic E-state index is 12.9. The lowest BCUT2D eigenvalue weighted by atomic mass is 9.71. The molecule has 3 rings (SSSR count). The number of carbonyl (C=O) groups excluding carboxylic acids is 1. The molecule has 136 valence electrons. The second kappa shape index (κ2) is 6.65. The van der Waals surface area contributed by atoms with Crippen LogP contribution in [0.25, 0.3) is 0 Å². The summed E-state index contributed by atoms with van der Waals surface area (Å²) in [5.41, 5.74) is 2.72. The van der Waals surface area contributed by atoms with Crippen LogP contribution in [0.15, 0.2) is 16.8 Å². The normalized spacial score (nSPS) is 17.4. The van der Waals surface area contributed by atoms with E-state index in [4.69, 9.17) is 4.52 Å². The van der Waals surface area contributed by atoms with Crippen molar-refractivity contribution in [2.75, 3.05) is 7.05 Å². The van der Waals surface area contributed by atoms with Gasteiger partial charge in [0.1, 0.15) is 5.76 Å². The minimum absolute atomic E-state index is 0.0802. The highest BCUT2D eigenvalue weighted by Crippen LogP contribution is 2.38. The summed E-state index contributed by atoms with van der Waals surface area (Å²) < 4.78 is 7.38. The second-order valence-electron chi connectivity index (χ2n) is 8.04. The highest BCUT2D eigenvalue weighted by Gasteiger charge is 2.34. The molecular weight excluding hydrogens is 316 g/mol. The van der Waals surface area contributed by atoms with Gasteiger partial charge in [0.15, 0.2) is 5.69 Å². The van der Waals surface area contributed by atoms with Crippen LogP contribution < -0.4 is 0 Å². The summed E-state index contributed by atoms with van der Waals surface area (Å²) in [4.78, 5) is 14.6. The van der Waals surface area contributed by atoms with Crippen molar-refractivity contribution in [1.29, 1.82) is 0 Å². The molecule has 0 fully saturated rings. The van der Waals surface area contributed by atoms with E-state index in [9.17, 15) is 4.79 Å². The molecule has 25 heavy (non-hydrogen) atoms. The third kappa shape index (κ3) is 3.48. The number of aryl methyl sites for hydroxylation is 2. The Hall–Kier alpha value is -2.11. The molecule has 2 heterocycles. The van der Waals surface area contributed by atoms with Crippen LogP contribution in [-0.2, 0) is 25.9 Å². The van der Waals surface area contributed by atoms with Crippen LogP contribution in [-0.4, -0.2) is 32.8 Å². The molecule has 0 aliphatic heterocycles. The summed E-state index contributed by atoms with van der Waals surface area (Å²) in [7, 11) is 1.81. The molecule has 0 radical (unpaired) electrons. The van der Waals surface area contributed by atoms with E-state index in [2.05, 4.69) is 31.0 Å². The summed E-state index contributed by atoms with van der Waals surface area (Å²) in [6.45, 7) is 10.1. The van der Waals surface area contributed by atoms with Crippen molar-refractivity contribution in [1.82, 2.24) is 19.8 Å². The van der Waals surface area contributed by atoms with E-state index in [0.717, 1.165) is 42.8 Å². The molecule has 6 nitrogen and oxygen atoms in total. The summed E-state index contributed by atoms with van der Waals surface area (Å²) >= 11 is 0. The standard InChI is InChI=1S/C19H28N4O2/c1-6-23-14(9-10-20-23)12-22(5)18(24)17-15-11-13(19(2,3)4)7-8-16(15)25-21-17/h9-10,13H,6-8,11-12H2,1-5H3/t13-/m1/s1. The van der Waals surface area contributed by atoms with E-state index in [1.807, 2.05) is 17.7 Å². The smallest absolute Gasteiger partial charge is 0.276 e. The van der Waals surface area contributed by atoms with Gasteiger partial charge in [-0.2, -0.15) is 5.10 Å². The molecule has 2 aromatic rings. The molecule has 1 aliphatic rings. The van der Waals surface area contributed by atoms with E-state index in [1.165, 1.54) is 0 Å². The zero-order valence-corrected chi connectivity index (χ0v) is 15.9. The molecule has 0 N–H and O–H groups in total. The monoisotopic (exact) mass is 344 g/mol. The van der Waals surface area contributed by atoms with Crippen LogP contribution in [0.4, 0.5) is 0 Å². The van der Waals surface area contributed by atoms with Crippen LogP contribution in [0, 0.1) is 11.3 Å². The van der Waals surface area contributed by atoms with Gasteiger partial charge in [-0.15, -0.1) is 0 Å². The Morgan fingerprint density at radius 3 is 2.88 bits per heavy atom. The fourth-order valence-electron chi connectivity index (χ4n) is 3.59. The van der Waals surface area contributed by atoms with Gasteiger partial charge in [-0.25, -0.2) is 0 Å². The molecule has 0 saturated heterocycles. The number of fused-ring (bicyclic) bond motifs is 1. The predicted octanol–water partition coefficient (Wildman–Crippen LogP) is 3.31. The molecule has 0 saturated carbocycles. The first-order valence-corrected chi connectivity index (χ1v) is 9.04. The maximum absolute atomic E-state index is 12.9. The molecule has 0 aromatic carbocycles. The average Bonchev–Trinajstić information content (AvgIpc) is 3.18. The van der Waals surface area contributed by atoms with Gasteiger partial charge < -0.3 is 9.42 Å². The summed E-state index contributed by atoms with van der Waals surface area (Å²) in [5.74, 6) is 1.34. The maximum Gasteiger partial charge on any atom is 0.276 e. The zero-order valence-electron chi connectivity index (χ0n) is 15.9. The average molecular weight is 344 g/mol. The van der Waals surface area contributed by atoms with Crippen molar-refractivity contribution in [2.45, 2.75) is 60.0 Å². The van der Waals surface area contributed by atoms with Gasteiger partial charge in [0.2, 0.25) is 0 Å². The minimum atomic E-state index is -0.0802. The number of amides is 1. The van der Waals surface area contributed by atoms with Crippen molar-refractivity contribution in [2.24, 2.45) is 11.3 Å². The van der Waals surface area contributed by atoms with Crippen molar-refractivity contribution < 1.29 is 9.32 Å². The van der Waals surface area contributed by atoms with Gasteiger partial charge in [-0.05, 0) is 37.2 Å². The van der Waals surface area contributed by atoms with Crippen LogP contribution >= 0.6 is 0 Å². The van der Waals surface area contributed by atoms with E-state index in [0.29, 0.717) is 18.2 Å². The molecule has 0 bridgehead atoms. The Morgan fingerprint density at radius 2 is 2.20 bits per heavy atom. The number of carbonyl (C=O) groups is 1. The lowest BCUT2D eigenvalue weighted by Crippen LogP contribution is -2.31. The van der Waals surface area contributed by atoms with Crippen molar-refractivity contribution in [3.05, 3.63) is 35.0 Å². The lowest BCUT2D eigenvalue weighted by Gasteiger charge is -2.33. The zero-order chi connectivity index (χ0) is 18.2. The van der Waals surface area contributed by atoms with Crippen molar-refractivity contribution >= 4 is 5.91 Å². The first-order valence-electron chi connectivity index (χ1n) is 9.04. The molecule has 1 aliphatic carbocycles. The Balaban J connectivity index is 1.79. The van der Waals surface area contributed by atoms with E-state index >= 15 is 0 Å². The number of hydrogen-bond donors (Lipinski definition) is 0. The van der Waals surface area contributed by atoms with Gasteiger partial charge in [-0.3, -0.25) is 9.48 Å². The fourth-order valence-corrected chi connectivity index (χ4v) is 3.59. The summed E-state index contributed by atoms with van der Waals surface area (Å²) in [6.07, 6.45) is 4.59.